The highest BCUT2D eigenvalue weighted by Gasteiger charge is 2.28. The lowest BCUT2D eigenvalue weighted by Crippen LogP contribution is -2.41. The van der Waals surface area contributed by atoms with Crippen LogP contribution >= 0.6 is 11.8 Å². The molecule has 2 aromatic rings. The third-order valence-corrected chi connectivity index (χ3v) is 8.71. The predicted molar refractivity (Wildman–Crippen MR) is 162 cm³/mol. The van der Waals surface area contributed by atoms with Crippen molar-refractivity contribution in [3.63, 3.8) is 0 Å². The molecule has 0 aromatic heterocycles. The smallest absolute Gasteiger partial charge is 0.308 e. The lowest BCUT2D eigenvalue weighted by molar-refractivity contribution is -0.388. The van der Waals surface area contributed by atoms with Crippen LogP contribution in [0.1, 0.15) is 36.8 Å². The van der Waals surface area contributed by atoms with E-state index in [1.165, 1.54) is 70.5 Å². The number of amides is 2. The summed E-state index contributed by atoms with van der Waals surface area (Å²) in [5.41, 5.74) is 0.0237. The molecule has 0 radical (unpaired) electrons. The first-order chi connectivity index (χ1) is 21.4. The second kappa shape index (κ2) is 14.6. The average Bonchev–Trinajstić information content (AvgIpc) is 3.03. The van der Waals surface area contributed by atoms with Crippen LogP contribution in [0.4, 0.5) is 11.4 Å². The molecule has 0 aliphatic carbocycles. The molecule has 14 nitrogen and oxygen atoms in total. The van der Waals surface area contributed by atoms with Gasteiger partial charge in [0.05, 0.1) is 31.5 Å². The number of carboxylic acid groups (broad SMARTS) is 2. The van der Waals surface area contributed by atoms with Crippen LogP contribution in [0.25, 0.3) is 12.2 Å². The van der Waals surface area contributed by atoms with Crippen LogP contribution in [0, 0.1) is 32.1 Å². The number of hydrogen-bond donors (Lipinski definition) is 2. The van der Waals surface area contributed by atoms with Crippen molar-refractivity contribution in [1.29, 1.82) is 0 Å². The number of rotatable bonds is 10. The minimum absolute atomic E-state index is 0.0869. The molecule has 2 N–H and O–H groups in total. The molecular weight excluding hydrogens is 608 g/mol. The van der Waals surface area contributed by atoms with E-state index in [0.29, 0.717) is 49.9 Å². The fourth-order valence-electron chi connectivity index (χ4n) is 5.16. The Labute approximate surface area is 261 Å². The van der Waals surface area contributed by atoms with Crippen LogP contribution in [0.2, 0.25) is 0 Å². The summed E-state index contributed by atoms with van der Waals surface area (Å²) in [5.74, 6) is -4.03. The molecule has 2 amide bonds. The summed E-state index contributed by atoms with van der Waals surface area (Å²) in [4.78, 5) is 73.4. The Morgan fingerprint density at radius 2 is 1.13 bits per heavy atom. The Bertz CT molecular complexity index is 1470. The molecule has 236 valence electrons. The van der Waals surface area contributed by atoms with Gasteiger partial charge in [-0.2, -0.15) is 0 Å². The summed E-state index contributed by atoms with van der Waals surface area (Å²) < 4.78 is 0. The van der Waals surface area contributed by atoms with Gasteiger partial charge in [0.2, 0.25) is 11.8 Å². The fraction of sp³-hybridized carbons (Fsp3) is 0.333. The topological polar surface area (TPSA) is 202 Å². The van der Waals surface area contributed by atoms with Crippen LogP contribution in [-0.2, 0) is 19.2 Å². The van der Waals surface area contributed by atoms with Gasteiger partial charge in [0.15, 0.2) is 0 Å². The molecule has 0 spiro atoms. The Kier molecular flexibility index (Phi) is 10.7. The van der Waals surface area contributed by atoms with Crippen molar-refractivity contribution >= 4 is 59.0 Å². The van der Waals surface area contributed by atoms with Gasteiger partial charge >= 0.3 is 11.9 Å². The summed E-state index contributed by atoms with van der Waals surface area (Å²) in [5, 5.41) is 42.3. The first-order valence-corrected chi connectivity index (χ1v) is 14.9. The molecule has 15 heteroatoms. The van der Waals surface area contributed by atoms with E-state index in [4.69, 9.17) is 0 Å². The first kappa shape index (κ1) is 32.9. The zero-order valence-corrected chi connectivity index (χ0v) is 24.8. The molecule has 2 unspecified atom stereocenters. The van der Waals surface area contributed by atoms with Crippen molar-refractivity contribution in [2.75, 3.05) is 26.2 Å². The number of carboxylic acids is 2. The Morgan fingerprint density at radius 1 is 0.733 bits per heavy atom. The minimum atomic E-state index is -0.966. The Hall–Kier alpha value is -5.05. The van der Waals surface area contributed by atoms with Gasteiger partial charge in [-0.1, -0.05) is 23.9 Å². The normalized spacial score (nSPS) is 18.7. The number of benzene rings is 2. The van der Waals surface area contributed by atoms with Crippen LogP contribution in [-0.4, -0.2) is 79.8 Å². The number of nitro benzene ring substituents is 2. The molecule has 0 saturated carbocycles. The number of aliphatic carboxylic acids is 2. The molecule has 2 aromatic carbocycles. The maximum absolute atomic E-state index is 12.6. The summed E-state index contributed by atoms with van der Waals surface area (Å²) in [6.45, 7) is 1.00. The van der Waals surface area contributed by atoms with Gasteiger partial charge in [-0.15, -0.1) is 0 Å². The monoisotopic (exact) mass is 638 g/mol. The number of likely N-dealkylation sites (tertiary alicyclic amines) is 2. The quantitative estimate of drug-likeness (QED) is 0.213. The predicted octanol–water partition coefficient (Wildman–Crippen LogP) is 4.33. The van der Waals surface area contributed by atoms with E-state index in [1.807, 2.05) is 0 Å². The number of hydrogen-bond acceptors (Lipinski definition) is 9. The molecule has 2 heterocycles. The first-order valence-electron chi connectivity index (χ1n) is 14.1. The SMILES string of the molecule is O=C(O)C1CCCN(C(=O)/C=C/c2ccc(Sc3ccc(/C=C/C(=O)N4CCCC(C(=O)O)C4)cc3[N+](=O)[O-])c([N+](=O)[O-])c2)C1. The zero-order valence-electron chi connectivity index (χ0n) is 23.9. The standard InChI is InChI=1S/C30H30N4O10S/c35-27(31-13-1-3-21(17-31)29(37)38)11-7-19-5-9-25(23(15-19)33(41)42)45-26-10-6-20(16-24(26)34(43)44)8-12-28(36)32-14-2-4-22(18-32)30(39)40/h5-12,15-16,21-22H,1-4,13-14,17-18H2,(H,37,38)(H,39,40)/b11-7+,12-8+. The van der Waals surface area contributed by atoms with Gasteiger partial charge in [-0.05, 0) is 61.1 Å². The van der Waals surface area contributed by atoms with Crippen LogP contribution in [0.3, 0.4) is 0 Å². The number of nitro groups is 2. The maximum atomic E-state index is 12.6. The summed E-state index contributed by atoms with van der Waals surface area (Å²) >= 11 is 0.822. The highest BCUT2D eigenvalue weighted by molar-refractivity contribution is 7.99. The molecule has 0 bridgehead atoms. The minimum Gasteiger partial charge on any atom is -0.481 e. The molecular formula is C30H30N4O10S. The highest BCUT2D eigenvalue weighted by atomic mass is 32.2. The van der Waals surface area contributed by atoms with E-state index in [2.05, 4.69) is 0 Å². The largest absolute Gasteiger partial charge is 0.481 e. The van der Waals surface area contributed by atoms with Crippen molar-refractivity contribution < 1.29 is 39.2 Å². The van der Waals surface area contributed by atoms with Crippen LogP contribution < -0.4 is 0 Å². The lowest BCUT2D eigenvalue weighted by atomic mass is 9.98. The number of piperidine rings is 2. The van der Waals surface area contributed by atoms with E-state index in [9.17, 15) is 49.6 Å². The molecule has 45 heavy (non-hydrogen) atoms. The third-order valence-electron chi connectivity index (χ3n) is 7.58. The lowest BCUT2D eigenvalue weighted by Gasteiger charge is -2.29. The average molecular weight is 639 g/mol. The number of carbonyl (C=O) groups is 4. The molecule has 4 rings (SSSR count). The number of nitrogens with zero attached hydrogens (tertiary/aromatic N) is 4. The summed E-state index contributed by atoms with van der Waals surface area (Å²) in [7, 11) is 0. The van der Waals surface area contributed by atoms with Gasteiger partial charge in [0.1, 0.15) is 0 Å². The Balaban J connectivity index is 1.48. The van der Waals surface area contributed by atoms with Gasteiger partial charge in [-0.25, -0.2) is 0 Å². The molecule has 2 fully saturated rings. The van der Waals surface area contributed by atoms with E-state index in [-0.39, 0.29) is 34.3 Å². The molecule has 2 saturated heterocycles. The molecule has 2 aliphatic heterocycles. The number of carbonyl (C=O) groups excluding carboxylic acids is 2. The molecule has 2 atom stereocenters. The van der Waals surface area contributed by atoms with Crippen LogP contribution in [0.5, 0.6) is 0 Å². The summed E-state index contributed by atoms with van der Waals surface area (Å²) in [6, 6.07) is 8.39. The maximum Gasteiger partial charge on any atom is 0.308 e. The van der Waals surface area contributed by atoms with Crippen molar-refractivity contribution in [3.8, 4) is 0 Å². The second-order valence-electron chi connectivity index (χ2n) is 10.7. The van der Waals surface area contributed by atoms with Crippen LogP contribution in [0.15, 0.2) is 58.3 Å². The second-order valence-corrected chi connectivity index (χ2v) is 11.7. The van der Waals surface area contributed by atoms with Gasteiger partial charge in [-0.3, -0.25) is 39.4 Å². The zero-order chi connectivity index (χ0) is 32.7. The van der Waals surface area contributed by atoms with Gasteiger partial charge in [0, 0.05) is 50.5 Å². The highest BCUT2D eigenvalue weighted by Crippen LogP contribution is 2.40. The van der Waals surface area contributed by atoms with Crippen molar-refractivity contribution in [1.82, 2.24) is 9.80 Å². The fourth-order valence-corrected chi connectivity index (χ4v) is 6.14. The third kappa shape index (κ3) is 8.53. The Morgan fingerprint density at radius 3 is 1.49 bits per heavy atom. The summed E-state index contributed by atoms with van der Waals surface area (Å²) in [6.07, 6.45) is 7.34. The van der Waals surface area contributed by atoms with E-state index in [0.717, 1.165) is 11.8 Å². The van der Waals surface area contributed by atoms with E-state index < -0.39 is 45.4 Å². The van der Waals surface area contributed by atoms with Gasteiger partial charge in [0.25, 0.3) is 11.4 Å². The van der Waals surface area contributed by atoms with Gasteiger partial charge < -0.3 is 20.0 Å². The van der Waals surface area contributed by atoms with Crippen molar-refractivity contribution in [3.05, 3.63) is 79.9 Å². The molecule has 2 aliphatic rings. The van der Waals surface area contributed by atoms with E-state index in [1.54, 1.807) is 0 Å². The van der Waals surface area contributed by atoms with Crippen molar-refractivity contribution in [2.45, 2.75) is 35.5 Å². The van der Waals surface area contributed by atoms with E-state index >= 15 is 0 Å². The van der Waals surface area contributed by atoms with Crippen molar-refractivity contribution in [2.24, 2.45) is 11.8 Å².